The Labute approximate surface area is 162 Å². The number of pyridine rings is 1. The van der Waals surface area contributed by atoms with Crippen LogP contribution in [0.4, 0.5) is 5.69 Å². The van der Waals surface area contributed by atoms with Crippen LogP contribution in [0.1, 0.15) is 24.5 Å². The van der Waals surface area contributed by atoms with Crippen molar-refractivity contribution in [2.45, 2.75) is 19.9 Å². The van der Waals surface area contributed by atoms with Crippen molar-refractivity contribution in [3.8, 4) is 5.88 Å². The van der Waals surface area contributed by atoms with Crippen LogP contribution in [0.15, 0.2) is 58.3 Å². The molecule has 0 bridgehead atoms. The standard InChI is InChI=1S/C20H21N3O4S/c1-2-11-28(26,27)23-15-9-7-14(8-10-15)12-21-13-18-16-5-3-4-6-17(16)19(24)22-20(18)25/h3-10,13,23H,2,11-12H2,1H3,(H2,22,24,25). The number of aliphatic imine (C=N–C) groups is 1. The summed E-state index contributed by atoms with van der Waals surface area (Å²) in [5, 5.41) is 11.2. The fourth-order valence-corrected chi connectivity index (χ4v) is 3.97. The van der Waals surface area contributed by atoms with E-state index in [0.29, 0.717) is 35.0 Å². The summed E-state index contributed by atoms with van der Waals surface area (Å²) in [5.74, 6) is -0.150. The van der Waals surface area contributed by atoms with Gasteiger partial charge in [-0.1, -0.05) is 37.3 Å². The lowest BCUT2D eigenvalue weighted by molar-refractivity contribution is 0.452. The zero-order chi connectivity index (χ0) is 20.1. The first kappa shape index (κ1) is 19.6. The number of benzene rings is 2. The Morgan fingerprint density at radius 2 is 1.79 bits per heavy atom. The molecule has 0 aliphatic rings. The van der Waals surface area contributed by atoms with Crippen molar-refractivity contribution in [3.05, 3.63) is 70.0 Å². The van der Waals surface area contributed by atoms with Gasteiger partial charge in [0.05, 0.1) is 17.9 Å². The van der Waals surface area contributed by atoms with Crippen molar-refractivity contribution in [2.75, 3.05) is 10.5 Å². The molecule has 1 heterocycles. The molecular weight excluding hydrogens is 378 g/mol. The Kier molecular flexibility index (Phi) is 5.79. The Hall–Kier alpha value is -3.13. The highest BCUT2D eigenvalue weighted by atomic mass is 32.2. The van der Waals surface area contributed by atoms with Gasteiger partial charge < -0.3 is 5.11 Å². The van der Waals surface area contributed by atoms with Gasteiger partial charge in [0.1, 0.15) is 0 Å². The van der Waals surface area contributed by atoms with Crippen LogP contribution in [-0.4, -0.2) is 30.5 Å². The van der Waals surface area contributed by atoms with Gasteiger partial charge in [0.2, 0.25) is 15.9 Å². The Balaban J connectivity index is 1.75. The number of hydrogen-bond acceptors (Lipinski definition) is 5. The first-order chi connectivity index (χ1) is 13.4. The number of nitrogens with one attached hydrogen (secondary N) is 2. The lowest BCUT2D eigenvalue weighted by Crippen LogP contribution is -2.15. The first-order valence-electron chi connectivity index (χ1n) is 8.83. The minimum absolute atomic E-state index is 0.0790. The van der Waals surface area contributed by atoms with Crippen LogP contribution in [0.25, 0.3) is 10.8 Å². The molecule has 1 aromatic heterocycles. The van der Waals surface area contributed by atoms with Crippen molar-refractivity contribution in [3.63, 3.8) is 0 Å². The van der Waals surface area contributed by atoms with E-state index in [4.69, 9.17) is 0 Å². The number of H-pyrrole nitrogens is 1. The molecule has 3 aromatic rings. The number of fused-ring (bicyclic) bond motifs is 1. The Bertz CT molecular complexity index is 1170. The molecule has 0 fully saturated rings. The number of hydrogen-bond donors (Lipinski definition) is 3. The van der Waals surface area contributed by atoms with Gasteiger partial charge in [-0.3, -0.25) is 19.5 Å². The number of rotatable bonds is 7. The maximum atomic E-state index is 11.9. The predicted octanol–water partition coefficient (Wildman–Crippen LogP) is 3.00. The third kappa shape index (κ3) is 4.58. The molecule has 0 amide bonds. The number of sulfonamides is 1. The summed E-state index contributed by atoms with van der Waals surface area (Å²) in [5.41, 5.74) is 1.47. The third-order valence-electron chi connectivity index (χ3n) is 4.14. The lowest BCUT2D eigenvalue weighted by atomic mass is 10.1. The van der Waals surface area contributed by atoms with Crippen molar-refractivity contribution in [1.29, 1.82) is 0 Å². The van der Waals surface area contributed by atoms with Crippen molar-refractivity contribution in [1.82, 2.24) is 4.98 Å². The molecule has 7 nitrogen and oxygen atoms in total. The molecule has 28 heavy (non-hydrogen) atoms. The molecular formula is C20H21N3O4S. The molecule has 0 saturated heterocycles. The number of aromatic nitrogens is 1. The van der Waals surface area contributed by atoms with Gasteiger partial charge in [-0.25, -0.2) is 8.42 Å². The van der Waals surface area contributed by atoms with Crippen LogP contribution in [0.3, 0.4) is 0 Å². The molecule has 0 spiro atoms. The predicted molar refractivity (Wildman–Crippen MR) is 112 cm³/mol. The normalized spacial score (nSPS) is 11.9. The van der Waals surface area contributed by atoms with E-state index >= 15 is 0 Å². The lowest BCUT2D eigenvalue weighted by Gasteiger charge is -2.07. The topological polar surface area (TPSA) is 112 Å². The number of anilines is 1. The molecule has 8 heteroatoms. The second-order valence-corrected chi connectivity index (χ2v) is 8.19. The van der Waals surface area contributed by atoms with E-state index in [2.05, 4.69) is 14.7 Å². The van der Waals surface area contributed by atoms with Crippen LogP contribution < -0.4 is 10.3 Å². The zero-order valence-electron chi connectivity index (χ0n) is 15.3. The molecule has 0 saturated carbocycles. The fourth-order valence-electron chi connectivity index (χ4n) is 2.84. The van der Waals surface area contributed by atoms with Crippen LogP contribution in [0, 0.1) is 0 Å². The van der Waals surface area contributed by atoms with E-state index in [1.807, 2.05) is 6.92 Å². The summed E-state index contributed by atoms with van der Waals surface area (Å²) < 4.78 is 26.1. The SMILES string of the molecule is CCCS(=O)(=O)Nc1ccc(CN=Cc2c(O)[nH]c(=O)c3ccccc23)cc1. The van der Waals surface area contributed by atoms with Gasteiger partial charge in [0.15, 0.2) is 0 Å². The Morgan fingerprint density at radius 3 is 2.46 bits per heavy atom. The van der Waals surface area contributed by atoms with E-state index in [1.165, 1.54) is 6.21 Å². The van der Waals surface area contributed by atoms with Crippen LogP contribution in [0.5, 0.6) is 5.88 Å². The largest absolute Gasteiger partial charge is 0.494 e. The highest BCUT2D eigenvalue weighted by molar-refractivity contribution is 7.92. The molecule has 146 valence electrons. The molecule has 0 atom stereocenters. The number of aromatic amines is 1. The van der Waals surface area contributed by atoms with Crippen LogP contribution >= 0.6 is 0 Å². The second-order valence-electron chi connectivity index (χ2n) is 6.35. The number of aromatic hydroxyl groups is 1. The van der Waals surface area contributed by atoms with E-state index in [-0.39, 0.29) is 17.2 Å². The summed E-state index contributed by atoms with van der Waals surface area (Å²) >= 11 is 0. The molecule has 0 aliphatic carbocycles. The summed E-state index contributed by atoms with van der Waals surface area (Å²) in [6.45, 7) is 2.15. The van der Waals surface area contributed by atoms with E-state index in [0.717, 1.165) is 5.56 Å². The second kappa shape index (κ2) is 8.26. The van der Waals surface area contributed by atoms with Crippen LogP contribution in [-0.2, 0) is 16.6 Å². The van der Waals surface area contributed by atoms with Gasteiger partial charge in [-0.05, 0) is 30.2 Å². The maximum absolute atomic E-state index is 11.9. The smallest absolute Gasteiger partial charge is 0.258 e. The average Bonchev–Trinajstić information content (AvgIpc) is 2.65. The molecule has 3 N–H and O–H groups in total. The summed E-state index contributed by atoms with van der Waals surface area (Å²) in [6.07, 6.45) is 2.07. The van der Waals surface area contributed by atoms with Gasteiger partial charge in [0.25, 0.3) is 5.56 Å². The highest BCUT2D eigenvalue weighted by Crippen LogP contribution is 2.20. The summed E-state index contributed by atoms with van der Waals surface area (Å²) in [7, 11) is -3.32. The number of nitrogens with zero attached hydrogens (tertiary/aromatic N) is 1. The molecule has 0 unspecified atom stereocenters. The zero-order valence-corrected chi connectivity index (χ0v) is 16.2. The molecule has 3 rings (SSSR count). The minimum Gasteiger partial charge on any atom is -0.494 e. The van der Waals surface area contributed by atoms with Gasteiger partial charge >= 0.3 is 0 Å². The molecule has 2 aromatic carbocycles. The monoisotopic (exact) mass is 399 g/mol. The van der Waals surface area contributed by atoms with E-state index in [1.54, 1.807) is 48.5 Å². The van der Waals surface area contributed by atoms with E-state index in [9.17, 15) is 18.3 Å². The van der Waals surface area contributed by atoms with Gasteiger partial charge in [-0.15, -0.1) is 0 Å². The quantitative estimate of drug-likeness (QED) is 0.530. The van der Waals surface area contributed by atoms with Crippen molar-refractivity contribution >= 4 is 32.7 Å². The fraction of sp³-hybridized carbons (Fsp3) is 0.200. The minimum atomic E-state index is -3.32. The summed E-state index contributed by atoms with van der Waals surface area (Å²) in [4.78, 5) is 18.7. The summed E-state index contributed by atoms with van der Waals surface area (Å²) in [6, 6.07) is 13.9. The maximum Gasteiger partial charge on any atom is 0.258 e. The van der Waals surface area contributed by atoms with Crippen LogP contribution in [0.2, 0.25) is 0 Å². The van der Waals surface area contributed by atoms with Gasteiger partial charge in [-0.2, -0.15) is 0 Å². The van der Waals surface area contributed by atoms with Crippen molar-refractivity contribution in [2.24, 2.45) is 4.99 Å². The average molecular weight is 399 g/mol. The third-order valence-corrected chi connectivity index (χ3v) is 5.64. The van der Waals surface area contributed by atoms with Gasteiger partial charge in [0, 0.05) is 22.7 Å². The molecule has 0 radical (unpaired) electrons. The Morgan fingerprint density at radius 1 is 1.11 bits per heavy atom. The molecule has 0 aliphatic heterocycles. The van der Waals surface area contributed by atoms with E-state index < -0.39 is 10.0 Å². The first-order valence-corrected chi connectivity index (χ1v) is 10.5. The van der Waals surface area contributed by atoms with Crippen molar-refractivity contribution < 1.29 is 13.5 Å². The highest BCUT2D eigenvalue weighted by Gasteiger charge is 2.09.